The van der Waals surface area contributed by atoms with Crippen LogP contribution in [0.25, 0.3) is 0 Å². The van der Waals surface area contributed by atoms with Gasteiger partial charge in [0.25, 0.3) is 0 Å². The van der Waals surface area contributed by atoms with Crippen LogP contribution in [0.4, 0.5) is 25.2 Å². The van der Waals surface area contributed by atoms with Crippen molar-refractivity contribution in [3.63, 3.8) is 0 Å². The predicted octanol–water partition coefficient (Wildman–Crippen LogP) is 9.74. The van der Waals surface area contributed by atoms with Crippen LogP contribution in [0.3, 0.4) is 0 Å². The van der Waals surface area contributed by atoms with E-state index in [9.17, 15) is 25.2 Å². The molecule has 0 atom stereocenters. The van der Waals surface area contributed by atoms with Crippen molar-refractivity contribution in [1.82, 2.24) is 0 Å². The summed E-state index contributed by atoms with van der Waals surface area (Å²) in [7, 11) is -10.7. The second-order valence-electron chi connectivity index (χ2n) is 9.55. The van der Waals surface area contributed by atoms with E-state index in [-0.39, 0.29) is 16.8 Å². The zero-order chi connectivity index (χ0) is 22.2. The van der Waals surface area contributed by atoms with E-state index in [0.717, 1.165) is 59.2 Å². The maximum atomic E-state index is 9.87. The smallest absolute Gasteiger partial charge is 0 e. The van der Waals surface area contributed by atoms with Gasteiger partial charge in [0.1, 0.15) is 0 Å². The Bertz CT molecular complexity index is 349. The van der Waals surface area contributed by atoms with Crippen LogP contribution in [0.15, 0.2) is 0 Å². The van der Waals surface area contributed by atoms with Crippen LogP contribution in [0.5, 0.6) is 0 Å². The molecule has 0 spiro atoms. The number of halogens is 6. The van der Waals surface area contributed by atoms with Gasteiger partial charge in [0.2, 0.25) is 0 Å². The van der Waals surface area contributed by atoms with Crippen molar-refractivity contribution in [2.24, 2.45) is 59.2 Å². The van der Waals surface area contributed by atoms with E-state index in [1.54, 1.807) is 0 Å². The normalized spacial score (nSPS) is 45.4. The Labute approximate surface area is 178 Å². The first kappa shape index (κ1) is 30.7. The van der Waals surface area contributed by atoms with Gasteiger partial charge in [-0.2, -0.15) is 0 Å². The number of hydrogen-bond donors (Lipinski definition) is 0. The molecule has 8 heteroatoms. The standard InChI is InChI=1S/2C10H20.Co.F6P/c2*1-6-7(2)9(4)10(5)8(6)3;;1-7(2,3,4,5)6/h2*6-10H,1-5H3;;/q;;;-1. The summed E-state index contributed by atoms with van der Waals surface area (Å²) in [6.45, 7) is 24.0. The van der Waals surface area contributed by atoms with Crippen LogP contribution >= 0.6 is 7.81 Å². The molecule has 2 aliphatic rings. The summed E-state index contributed by atoms with van der Waals surface area (Å²) in [5, 5.41) is 0. The molecule has 2 aliphatic carbocycles. The molecule has 1 radical (unpaired) electrons. The van der Waals surface area contributed by atoms with Crippen LogP contribution in [0, 0.1) is 59.2 Å². The van der Waals surface area contributed by atoms with Gasteiger partial charge >= 0.3 is 33.0 Å². The third kappa shape index (κ3) is 10.5. The maximum Gasteiger partial charge on any atom is 0 e. The Morgan fingerprint density at radius 3 is 0.393 bits per heavy atom. The fraction of sp³-hybridized carbons (Fsp3) is 1.00. The molecule has 0 saturated heterocycles. The molecule has 0 heterocycles. The summed E-state index contributed by atoms with van der Waals surface area (Å²) in [5.41, 5.74) is 0. The molecule has 0 amide bonds. The number of rotatable bonds is 0. The predicted molar refractivity (Wildman–Crippen MR) is 105 cm³/mol. The third-order valence-electron chi connectivity index (χ3n) is 8.29. The average Bonchev–Trinajstić information content (AvgIpc) is 2.76. The zero-order valence-electron chi connectivity index (χ0n) is 18.8. The van der Waals surface area contributed by atoms with Gasteiger partial charge in [0.15, 0.2) is 0 Å². The first-order chi connectivity index (χ1) is 11.6. The van der Waals surface area contributed by atoms with E-state index < -0.39 is 7.81 Å². The fourth-order valence-electron chi connectivity index (χ4n) is 4.79. The summed E-state index contributed by atoms with van der Waals surface area (Å²) in [4.78, 5) is 0. The van der Waals surface area contributed by atoms with Crippen LogP contribution < -0.4 is 0 Å². The monoisotopic (exact) mass is 484 g/mol. The van der Waals surface area contributed by atoms with Crippen molar-refractivity contribution in [3.05, 3.63) is 0 Å². The molecule has 28 heavy (non-hydrogen) atoms. The van der Waals surface area contributed by atoms with E-state index in [4.69, 9.17) is 0 Å². The van der Waals surface area contributed by atoms with Gasteiger partial charge in [-0.05, 0) is 59.2 Å². The Balaban J connectivity index is 0. The quantitative estimate of drug-likeness (QED) is 0.237. The van der Waals surface area contributed by atoms with Gasteiger partial charge in [0.05, 0.1) is 0 Å². The van der Waals surface area contributed by atoms with E-state index in [1.165, 1.54) is 0 Å². The molecule has 0 N–H and O–H groups in total. The Kier molecular flexibility index (Phi) is 10.2. The largest absolute Gasteiger partial charge is 0 e. The summed E-state index contributed by atoms with van der Waals surface area (Å²) in [5.74, 6) is 9.35. The Hall–Kier alpha value is 0.516. The van der Waals surface area contributed by atoms with Crippen molar-refractivity contribution in [2.45, 2.75) is 69.2 Å². The summed E-state index contributed by atoms with van der Waals surface area (Å²) in [6, 6.07) is 0. The van der Waals surface area contributed by atoms with Crippen LogP contribution in [0.2, 0.25) is 0 Å². The molecular weight excluding hydrogens is 444 g/mol. The summed E-state index contributed by atoms with van der Waals surface area (Å²) < 4.78 is 59.2. The second kappa shape index (κ2) is 9.34. The fourth-order valence-corrected chi connectivity index (χ4v) is 4.79. The van der Waals surface area contributed by atoms with Crippen LogP contribution in [-0.2, 0) is 16.8 Å². The van der Waals surface area contributed by atoms with E-state index in [0.29, 0.717) is 0 Å². The Morgan fingerprint density at radius 2 is 0.357 bits per heavy atom. The SMILES string of the molecule is CC1C(C)C(C)C(C)C1C.CC1C(C)C(C)C(C)C1C.F[P-](F)(F)(F)(F)F.[Co]. The van der Waals surface area contributed by atoms with E-state index in [1.807, 2.05) is 0 Å². The van der Waals surface area contributed by atoms with Gasteiger partial charge < -0.3 is 0 Å². The Morgan fingerprint density at radius 1 is 0.321 bits per heavy atom. The first-order valence-corrected chi connectivity index (χ1v) is 12.1. The minimum absolute atomic E-state index is 0. The molecule has 0 aromatic carbocycles. The molecule has 177 valence electrons. The van der Waals surface area contributed by atoms with E-state index in [2.05, 4.69) is 69.2 Å². The van der Waals surface area contributed by atoms with Crippen LogP contribution in [0.1, 0.15) is 69.2 Å². The van der Waals surface area contributed by atoms with Crippen molar-refractivity contribution >= 4 is 7.81 Å². The zero-order valence-corrected chi connectivity index (χ0v) is 20.8. The molecule has 0 aliphatic heterocycles. The van der Waals surface area contributed by atoms with Crippen molar-refractivity contribution in [1.29, 1.82) is 0 Å². The molecule has 2 rings (SSSR count). The molecular formula is C20H40CoF6P-. The molecule has 0 unspecified atom stereocenters. The summed E-state index contributed by atoms with van der Waals surface area (Å²) >= 11 is 0. The van der Waals surface area contributed by atoms with E-state index >= 15 is 0 Å². The molecule has 2 fully saturated rings. The van der Waals surface area contributed by atoms with Crippen molar-refractivity contribution < 1.29 is 42.0 Å². The second-order valence-corrected chi connectivity index (χ2v) is 11.5. The molecule has 2 saturated carbocycles. The van der Waals surface area contributed by atoms with Gasteiger partial charge in [0, 0.05) is 16.8 Å². The topological polar surface area (TPSA) is 0 Å². The van der Waals surface area contributed by atoms with Gasteiger partial charge in [-0.3, -0.25) is 0 Å². The average molecular weight is 484 g/mol. The maximum absolute atomic E-state index is 10.7. The summed E-state index contributed by atoms with van der Waals surface area (Å²) in [6.07, 6.45) is 0. The molecule has 0 aromatic heterocycles. The van der Waals surface area contributed by atoms with Crippen molar-refractivity contribution in [2.75, 3.05) is 0 Å². The minimum Gasteiger partial charge on any atom is 0 e. The molecule has 0 bridgehead atoms. The third-order valence-corrected chi connectivity index (χ3v) is 8.29. The van der Waals surface area contributed by atoms with Crippen LogP contribution in [-0.4, -0.2) is 0 Å². The van der Waals surface area contributed by atoms with Crippen molar-refractivity contribution in [3.8, 4) is 0 Å². The molecule has 0 nitrogen and oxygen atoms in total. The minimum atomic E-state index is -10.7. The van der Waals surface area contributed by atoms with Gasteiger partial charge in [-0.25, -0.2) is 0 Å². The first-order valence-electron chi connectivity index (χ1n) is 10.1. The molecule has 0 aromatic rings. The number of hydrogen-bond acceptors (Lipinski definition) is 0. The van der Waals surface area contributed by atoms with Gasteiger partial charge in [-0.15, -0.1) is 0 Å². The van der Waals surface area contributed by atoms with Gasteiger partial charge in [-0.1, -0.05) is 69.2 Å².